The van der Waals surface area contributed by atoms with Gasteiger partial charge in [-0.3, -0.25) is 0 Å². The molecule has 0 spiro atoms. The molecule has 0 saturated heterocycles. The molecule has 0 heterocycles. The average Bonchev–Trinajstić information content (AvgIpc) is 0.722. The molecule has 0 aliphatic carbocycles. The molecule has 0 aromatic heterocycles. The molecule has 0 fully saturated rings. The van der Waals surface area contributed by atoms with Gasteiger partial charge < -0.3 is 55.6 Å². The van der Waals surface area contributed by atoms with E-state index in [1.54, 1.807) is 0 Å². The zero-order valence-electron chi connectivity index (χ0n) is 6.05. The van der Waals surface area contributed by atoms with Crippen molar-refractivity contribution in [2.24, 2.45) is 0 Å². The summed E-state index contributed by atoms with van der Waals surface area (Å²) in [6.45, 7) is 0. The predicted octanol–water partition coefficient (Wildman–Crippen LogP) is -10.0. The van der Waals surface area contributed by atoms with Crippen molar-refractivity contribution in [2.45, 2.75) is 0 Å². The summed E-state index contributed by atoms with van der Waals surface area (Å²) in [6.07, 6.45) is 0. The molecular weight excluding hydrogens is 221 g/mol. The third-order valence-corrected chi connectivity index (χ3v) is 0. The monoisotopic (exact) mass is 230 g/mol. The van der Waals surface area contributed by atoms with Crippen molar-refractivity contribution >= 4 is 55.2 Å². The first kappa shape index (κ1) is 70.8. The Balaban J connectivity index is -0.00000000381. The van der Waals surface area contributed by atoms with E-state index in [9.17, 15) is 0 Å². The summed E-state index contributed by atoms with van der Waals surface area (Å²) in [5.74, 6) is 0. The SMILES string of the molecule is O.O.O.O.O.[Mg+2].[Mg+2].[O-][Si]([O-])([O-])[O-]. The standard InChI is InChI=1S/2Mg.O4Si.5H2O/c;;1-5(2,3)4;;;;;/h;;;5*1H2/q2*+2;-4;;;;;. The van der Waals surface area contributed by atoms with Crippen molar-refractivity contribution in [3.05, 3.63) is 0 Å². The van der Waals surface area contributed by atoms with Crippen LogP contribution in [0, 0.1) is 0 Å². The van der Waals surface area contributed by atoms with E-state index in [1.165, 1.54) is 0 Å². The third kappa shape index (κ3) is 637. The van der Waals surface area contributed by atoms with Crippen LogP contribution in [0.5, 0.6) is 0 Å². The Hall–Kier alpha value is 1.39. The van der Waals surface area contributed by atoms with E-state index >= 15 is 0 Å². The van der Waals surface area contributed by atoms with Crippen molar-refractivity contribution in [3.63, 3.8) is 0 Å². The van der Waals surface area contributed by atoms with Gasteiger partial charge in [0, 0.05) is 0 Å². The van der Waals surface area contributed by atoms with Gasteiger partial charge in [-0.1, -0.05) is 0 Å². The van der Waals surface area contributed by atoms with Gasteiger partial charge in [0.05, 0.1) is 0 Å². The summed E-state index contributed by atoms with van der Waals surface area (Å²) < 4.78 is 0. The molecule has 0 amide bonds. The zero-order chi connectivity index (χ0) is 4.50. The first-order valence-corrected chi connectivity index (χ1v) is 2.45. The fourth-order valence-corrected chi connectivity index (χ4v) is 0. The van der Waals surface area contributed by atoms with Crippen LogP contribution >= 0.6 is 0 Å². The summed E-state index contributed by atoms with van der Waals surface area (Å²) in [7, 11) is -5.61. The van der Waals surface area contributed by atoms with Gasteiger partial charge in [-0.15, -0.1) is 0 Å². The second-order valence-electron chi connectivity index (χ2n) is 0.500. The van der Waals surface area contributed by atoms with Gasteiger partial charge in [0.15, 0.2) is 0 Å². The van der Waals surface area contributed by atoms with Crippen molar-refractivity contribution in [2.75, 3.05) is 0 Å². The van der Waals surface area contributed by atoms with Crippen LogP contribution in [0.15, 0.2) is 0 Å². The molecule has 0 aliphatic heterocycles. The molecule has 0 bridgehead atoms. The Labute approximate surface area is 101 Å². The van der Waals surface area contributed by atoms with Gasteiger partial charge >= 0.3 is 46.1 Å². The minimum atomic E-state index is -5.61. The molecule has 0 rings (SSSR count). The fraction of sp³-hybridized carbons (Fsp3) is 0. The second-order valence-corrected chi connectivity index (χ2v) is 1.50. The Morgan fingerprint density at radius 1 is 0.500 bits per heavy atom. The molecule has 72 valence electrons. The van der Waals surface area contributed by atoms with Crippen LogP contribution in [0.2, 0.25) is 0 Å². The quantitative estimate of drug-likeness (QED) is 0.367. The summed E-state index contributed by atoms with van der Waals surface area (Å²) >= 11 is 0. The molecule has 9 nitrogen and oxygen atoms in total. The maximum absolute atomic E-state index is 8.58. The molecule has 0 aromatic rings. The van der Waals surface area contributed by atoms with Gasteiger partial charge in [-0.25, -0.2) is 0 Å². The third-order valence-electron chi connectivity index (χ3n) is 0. The molecule has 0 atom stereocenters. The molecule has 0 aromatic carbocycles. The van der Waals surface area contributed by atoms with Crippen LogP contribution < -0.4 is 19.2 Å². The van der Waals surface area contributed by atoms with E-state index in [0.717, 1.165) is 0 Å². The maximum atomic E-state index is 8.58. The predicted molar refractivity (Wildman–Crippen MR) is 35.3 cm³/mol. The first-order chi connectivity index (χ1) is 2.00. The normalized spacial score (nSPS) is 5.00. The number of rotatable bonds is 0. The van der Waals surface area contributed by atoms with Gasteiger partial charge in [0.25, 0.3) is 0 Å². The van der Waals surface area contributed by atoms with Crippen LogP contribution in [-0.4, -0.2) is 82.5 Å². The van der Waals surface area contributed by atoms with Crippen molar-refractivity contribution in [1.82, 2.24) is 0 Å². The molecule has 0 saturated carbocycles. The Bertz CT molecular complexity index is 28.0. The van der Waals surface area contributed by atoms with Crippen molar-refractivity contribution in [1.29, 1.82) is 0 Å². The average molecular weight is 231 g/mol. The summed E-state index contributed by atoms with van der Waals surface area (Å²) in [5.41, 5.74) is 0. The van der Waals surface area contributed by atoms with Gasteiger partial charge in [0.2, 0.25) is 0 Å². The summed E-state index contributed by atoms with van der Waals surface area (Å²) in [6, 6.07) is 0. The summed E-state index contributed by atoms with van der Waals surface area (Å²) in [5, 5.41) is 0. The molecule has 0 aliphatic rings. The topological polar surface area (TPSA) is 250 Å². The van der Waals surface area contributed by atoms with Crippen molar-refractivity contribution < 1.29 is 46.6 Å². The Morgan fingerprint density at radius 2 is 0.500 bits per heavy atom. The van der Waals surface area contributed by atoms with E-state index < -0.39 is 9.05 Å². The molecule has 0 unspecified atom stereocenters. The zero-order valence-corrected chi connectivity index (χ0v) is 9.88. The fourth-order valence-electron chi connectivity index (χ4n) is 0. The van der Waals surface area contributed by atoms with Crippen LogP contribution in [0.3, 0.4) is 0 Å². The molecule has 10 N–H and O–H groups in total. The number of hydrogen-bond acceptors (Lipinski definition) is 4. The van der Waals surface area contributed by atoms with E-state index in [2.05, 4.69) is 0 Å². The molecule has 12 heteroatoms. The van der Waals surface area contributed by atoms with E-state index in [0.29, 0.717) is 0 Å². The van der Waals surface area contributed by atoms with Crippen LogP contribution in [0.4, 0.5) is 0 Å². The first-order valence-electron chi connectivity index (χ1n) is 0.816. The van der Waals surface area contributed by atoms with E-state index in [1.807, 2.05) is 0 Å². The maximum Gasteiger partial charge on any atom is 2.00 e. The molecular formula is H10Mg2O9Si. The van der Waals surface area contributed by atoms with Gasteiger partial charge in [-0.05, 0) is 0 Å². The Kier molecular flexibility index (Phi) is 174. The van der Waals surface area contributed by atoms with E-state index in [-0.39, 0.29) is 73.5 Å². The van der Waals surface area contributed by atoms with Gasteiger partial charge in [0.1, 0.15) is 0 Å². The van der Waals surface area contributed by atoms with Crippen LogP contribution in [-0.2, 0) is 0 Å². The second kappa shape index (κ2) is 29.4. The van der Waals surface area contributed by atoms with E-state index in [4.69, 9.17) is 19.2 Å². The minimum absolute atomic E-state index is 0. The molecule has 0 radical (unpaired) electrons. The molecule has 12 heavy (non-hydrogen) atoms. The van der Waals surface area contributed by atoms with Crippen LogP contribution in [0.25, 0.3) is 0 Å². The summed E-state index contributed by atoms with van der Waals surface area (Å²) in [4.78, 5) is 34.3. The largest absolute Gasteiger partial charge is 2.00 e. The van der Waals surface area contributed by atoms with Crippen molar-refractivity contribution in [3.8, 4) is 0 Å². The minimum Gasteiger partial charge on any atom is -0.894 e. The smallest absolute Gasteiger partial charge is 0.894 e. The van der Waals surface area contributed by atoms with Crippen LogP contribution in [0.1, 0.15) is 0 Å². The number of hydrogen-bond donors (Lipinski definition) is 0. The van der Waals surface area contributed by atoms with Gasteiger partial charge in [-0.2, -0.15) is 0 Å². The Morgan fingerprint density at radius 3 is 0.500 bits per heavy atom.